The second-order valence-electron chi connectivity index (χ2n) is 1.63. The molecule has 0 bridgehead atoms. The van der Waals surface area contributed by atoms with Gasteiger partial charge in [-0.15, -0.1) is 0 Å². The third-order valence-electron chi connectivity index (χ3n) is 0.741. The van der Waals surface area contributed by atoms with Gasteiger partial charge in [-0.3, -0.25) is 9.59 Å². The first-order valence-electron chi connectivity index (χ1n) is 2.51. The van der Waals surface area contributed by atoms with Crippen LogP contribution in [0, 0.1) is 6.92 Å². The van der Waals surface area contributed by atoms with Crippen LogP contribution in [0.3, 0.4) is 0 Å². The average Bonchev–Trinajstić information content (AvgIpc) is 1.82. The van der Waals surface area contributed by atoms with Gasteiger partial charge in [-0.05, 0) is 0 Å². The van der Waals surface area contributed by atoms with Crippen molar-refractivity contribution in [2.45, 2.75) is 6.04 Å². The van der Waals surface area contributed by atoms with E-state index in [-0.39, 0.29) is 6.61 Å². The van der Waals surface area contributed by atoms with Crippen molar-refractivity contribution in [1.29, 1.82) is 0 Å². The number of rotatable bonds is 3. The molecular formula is C5H8NO4. The highest BCUT2D eigenvalue weighted by Crippen LogP contribution is 1.81. The quantitative estimate of drug-likeness (QED) is 0.487. The Morgan fingerprint density at radius 1 is 1.70 bits per heavy atom. The minimum absolute atomic E-state index is 0.336. The van der Waals surface area contributed by atoms with Crippen LogP contribution in [-0.4, -0.2) is 29.7 Å². The summed E-state index contributed by atoms with van der Waals surface area (Å²) in [7, 11) is 0. The number of carbonyl (C=O) groups is 2. The summed E-state index contributed by atoms with van der Waals surface area (Å²) in [5, 5.41) is 8.16. The van der Waals surface area contributed by atoms with Gasteiger partial charge in [-0.2, -0.15) is 0 Å². The summed E-state index contributed by atoms with van der Waals surface area (Å²) in [6.07, 6.45) is 0. The molecule has 0 aliphatic carbocycles. The van der Waals surface area contributed by atoms with Crippen LogP contribution in [0.4, 0.5) is 0 Å². The molecule has 0 aromatic heterocycles. The third-order valence-corrected chi connectivity index (χ3v) is 0.741. The Kier molecular flexibility index (Phi) is 3.42. The van der Waals surface area contributed by atoms with Gasteiger partial charge in [0.25, 0.3) is 0 Å². The summed E-state index contributed by atoms with van der Waals surface area (Å²) in [5.41, 5.74) is 4.96. The highest BCUT2D eigenvalue weighted by molar-refractivity contribution is 5.76. The second kappa shape index (κ2) is 3.84. The van der Waals surface area contributed by atoms with Gasteiger partial charge in [0.2, 0.25) is 0 Å². The van der Waals surface area contributed by atoms with Crippen molar-refractivity contribution >= 4 is 11.9 Å². The Labute approximate surface area is 57.8 Å². The second-order valence-corrected chi connectivity index (χ2v) is 1.63. The number of nitrogens with two attached hydrogens (primary N) is 1. The van der Waals surface area contributed by atoms with E-state index in [0.29, 0.717) is 0 Å². The van der Waals surface area contributed by atoms with Crippen LogP contribution in [0.2, 0.25) is 0 Å². The maximum Gasteiger partial charge on any atom is 0.324 e. The van der Waals surface area contributed by atoms with Gasteiger partial charge in [0.05, 0.1) is 6.92 Å². The summed E-state index contributed by atoms with van der Waals surface area (Å²) < 4.78 is 4.21. The molecule has 5 heteroatoms. The Balaban J connectivity index is 3.49. The van der Waals surface area contributed by atoms with Crippen LogP contribution < -0.4 is 5.73 Å². The van der Waals surface area contributed by atoms with Gasteiger partial charge in [0.1, 0.15) is 12.6 Å². The third kappa shape index (κ3) is 3.85. The molecule has 10 heavy (non-hydrogen) atoms. The van der Waals surface area contributed by atoms with Crippen LogP contribution in [-0.2, 0) is 14.3 Å². The normalized spacial score (nSPS) is 12.2. The maximum absolute atomic E-state index is 9.99. The molecule has 0 aromatic carbocycles. The minimum Gasteiger partial charge on any atom is -0.480 e. The number of aliphatic carboxylic acids is 1. The van der Waals surface area contributed by atoms with Gasteiger partial charge in [-0.25, -0.2) is 0 Å². The van der Waals surface area contributed by atoms with Crippen LogP contribution in [0.1, 0.15) is 0 Å². The van der Waals surface area contributed by atoms with E-state index in [1.165, 1.54) is 0 Å². The van der Waals surface area contributed by atoms with Gasteiger partial charge < -0.3 is 15.6 Å². The fourth-order valence-electron chi connectivity index (χ4n) is 0.254. The van der Waals surface area contributed by atoms with Crippen LogP contribution >= 0.6 is 0 Å². The first-order valence-corrected chi connectivity index (χ1v) is 2.51. The Bertz CT molecular complexity index is 145. The lowest BCUT2D eigenvalue weighted by molar-refractivity contribution is -0.144. The van der Waals surface area contributed by atoms with Crippen molar-refractivity contribution < 1.29 is 19.4 Å². The zero-order chi connectivity index (χ0) is 8.15. The van der Waals surface area contributed by atoms with Crippen molar-refractivity contribution in [1.82, 2.24) is 0 Å². The molecule has 0 aliphatic heterocycles. The Morgan fingerprint density at radius 2 is 2.20 bits per heavy atom. The van der Waals surface area contributed by atoms with Gasteiger partial charge in [0.15, 0.2) is 0 Å². The number of carboxylic acids is 1. The monoisotopic (exact) mass is 146 g/mol. The number of ether oxygens (including phenoxy) is 1. The van der Waals surface area contributed by atoms with Crippen molar-refractivity contribution in [3.05, 3.63) is 6.92 Å². The lowest BCUT2D eigenvalue weighted by Gasteiger charge is -2.04. The molecule has 1 unspecified atom stereocenters. The van der Waals surface area contributed by atoms with Crippen molar-refractivity contribution in [3.63, 3.8) is 0 Å². The van der Waals surface area contributed by atoms with Crippen LogP contribution in [0.15, 0.2) is 0 Å². The fourth-order valence-corrected chi connectivity index (χ4v) is 0.254. The number of hydrogen-bond donors (Lipinski definition) is 2. The molecule has 0 spiro atoms. The van der Waals surface area contributed by atoms with Gasteiger partial charge >= 0.3 is 11.9 Å². The largest absolute Gasteiger partial charge is 0.480 e. The predicted octanol–water partition coefficient (Wildman–Crippen LogP) is -1.22. The number of carboxylic acid groups (broad SMARTS) is 1. The van der Waals surface area contributed by atoms with Gasteiger partial charge in [-0.1, -0.05) is 0 Å². The predicted molar refractivity (Wildman–Crippen MR) is 31.9 cm³/mol. The molecule has 5 nitrogen and oxygen atoms in total. The van der Waals surface area contributed by atoms with Crippen LogP contribution in [0.25, 0.3) is 0 Å². The summed E-state index contributed by atoms with van der Waals surface area (Å²) in [5.74, 6) is -1.99. The zero-order valence-electron chi connectivity index (χ0n) is 5.24. The van der Waals surface area contributed by atoms with E-state index in [1.807, 2.05) is 0 Å². The van der Waals surface area contributed by atoms with E-state index in [1.54, 1.807) is 0 Å². The lowest BCUT2D eigenvalue weighted by Crippen LogP contribution is -2.35. The van der Waals surface area contributed by atoms with Gasteiger partial charge in [0, 0.05) is 0 Å². The minimum atomic E-state index is -1.21. The first-order chi connectivity index (χ1) is 4.54. The molecule has 0 heterocycles. The molecule has 0 saturated heterocycles. The molecule has 0 saturated carbocycles. The Hall–Kier alpha value is -1.10. The SMILES string of the molecule is [CH2]C(=O)OCC(N)C(=O)O. The average molecular weight is 146 g/mol. The molecule has 0 rings (SSSR count). The highest BCUT2D eigenvalue weighted by Gasteiger charge is 2.11. The smallest absolute Gasteiger partial charge is 0.324 e. The number of esters is 1. The number of carbonyl (C=O) groups excluding carboxylic acids is 1. The lowest BCUT2D eigenvalue weighted by atomic mass is 10.3. The van der Waals surface area contributed by atoms with Crippen molar-refractivity contribution in [2.75, 3.05) is 6.61 Å². The zero-order valence-corrected chi connectivity index (χ0v) is 5.24. The molecule has 0 amide bonds. The summed E-state index contributed by atoms with van der Waals surface area (Å²) >= 11 is 0. The summed E-state index contributed by atoms with van der Waals surface area (Å²) in [6.45, 7) is 2.52. The van der Waals surface area contributed by atoms with E-state index in [9.17, 15) is 9.59 Å². The van der Waals surface area contributed by atoms with Crippen molar-refractivity contribution in [3.8, 4) is 0 Å². The Morgan fingerprint density at radius 3 is 2.50 bits per heavy atom. The molecule has 0 aromatic rings. The summed E-state index contributed by atoms with van der Waals surface area (Å²) in [6, 6.07) is -1.16. The maximum atomic E-state index is 9.99. The number of hydrogen-bond acceptors (Lipinski definition) is 4. The first kappa shape index (κ1) is 8.90. The van der Waals surface area contributed by atoms with E-state index >= 15 is 0 Å². The molecule has 1 radical (unpaired) electrons. The molecule has 0 aliphatic rings. The van der Waals surface area contributed by atoms with Crippen molar-refractivity contribution in [2.24, 2.45) is 5.73 Å². The molecule has 57 valence electrons. The van der Waals surface area contributed by atoms with E-state index < -0.39 is 18.0 Å². The topological polar surface area (TPSA) is 89.6 Å². The standard InChI is InChI=1S/C5H8NO4/c1-3(7)10-2-4(6)5(8)9/h4H,1-2,6H2,(H,8,9). The summed E-state index contributed by atoms with van der Waals surface area (Å²) in [4.78, 5) is 20.0. The fraction of sp³-hybridized carbons (Fsp3) is 0.400. The molecule has 1 atom stereocenters. The highest BCUT2D eigenvalue weighted by atomic mass is 16.5. The van der Waals surface area contributed by atoms with E-state index in [4.69, 9.17) is 10.8 Å². The molecular weight excluding hydrogens is 138 g/mol. The molecule has 3 N–H and O–H groups in total. The molecule has 0 fully saturated rings. The van der Waals surface area contributed by atoms with E-state index in [0.717, 1.165) is 0 Å². The van der Waals surface area contributed by atoms with Crippen LogP contribution in [0.5, 0.6) is 0 Å². The van der Waals surface area contributed by atoms with E-state index in [2.05, 4.69) is 11.7 Å².